The van der Waals surface area contributed by atoms with Gasteiger partial charge in [-0.2, -0.15) is 5.26 Å². The van der Waals surface area contributed by atoms with E-state index in [1.54, 1.807) is 6.07 Å². The second kappa shape index (κ2) is 8.23. The van der Waals surface area contributed by atoms with Gasteiger partial charge in [-0.25, -0.2) is 14.8 Å². The minimum Gasteiger partial charge on any atom is -0.444 e. The molecule has 7 nitrogen and oxygen atoms in total. The summed E-state index contributed by atoms with van der Waals surface area (Å²) in [4.78, 5) is 24.1. The van der Waals surface area contributed by atoms with Crippen molar-refractivity contribution in [3.05, 3.63) is 54.1 Å². The van der Waals surface area contributed by atoms with Crippen LogP contribution in [0.5, 0.6) is 0 Å². The zero-order valence-corrected chi connectivity index (χ0v) is 17.9. The smallest absolute Gasteiger partial charge is 0.407 e. The molecular formula is C24H25N5O2. The van der Waals surface area contributed by atoms with E-state index < -0.39 is 11.7 Å². The summed E-state index contributed by atoms with van der Waals surface area (Å²) in [6.07, 6.45) is 0.372. The number of hydrogen-bond donors (Lipinski definition) is 1. The molecule has 158 valence electrons. The number of benzene rings is 2. The lowest BCUT2D eigenvalue weighted by Gasteiger charge is -2.23. The number of rotatable bonds is 3. The van der Waals surface area contributed by atoms with Crippen molar-refractivity contribution in [1.82, 2.24) is 15.3 Å². The zero-order chi connectivity index (χ0) is 22.0. The van der Waals surface area contributed by atoms with Gasteiger partial charge in [-0.15, -0.1) is 0 Å². The molecule has 0 aliphatic carbocycles. The Morgan fingerprint density at radius 2 is 1.90 bits per heavy atom. The minimum absolute atomic E-state index is 0.0404. The number of hydrogen-bond acceptors (Lipinski definition) is 6. The molecule has 0 spiro atoms. The molecule has 1 aromatic heterocycles. The molecular weight excluding hydrogens is 390 g/mol. The predicted molar refractivity (Wildman–Crippen MR) is 120 cm³/mol. The normalized spacial score (nSPS) is 16.2. The van der Waals surface area contributed by atoms with Crippen molar-refractivity contribution in [3.8, 4) is 17.3 Å². The molecule has 31 heavy (non-hydrogen) atoms. The zero-order valence-electron chi connectivity index (χ0n) is 17.9. The molecule has 1 unspecified atom stereocenters. The summed E-state index contributed by atoms with van der Waals surface area (Å²) in [5, 5.41) is 12.3. The lowest BCUT2D eigenvalue weighted by Crippen LogP contribution is -2.40. The first-order valence-corrected chi connectivity index (χ1v) is 10.3. The lowest BCUT2D eigenvalue weighted by atomic mass is 10.1. The summed E-state index contributed by atoms with van der Waals surface area (Å²) >= 11 is 0. The number of carbonyl (C=O) groups is 1. The maximum Gasteiger partial charge on any atom is 0.407 e. The second-order valence-electron chi connectivity index (χ2n) is 8.65. The fraction of sp³-hybridized carbons (Fsp3) is 0.333. The molecule has 2 aromatic carbocycles. The van der Waals surface area contributed by atoms with Crippen LogP contribution in [0.4, 0.5) is 10.6 Å². The number of aromatic nitrogens is 2. The Morgan fingerprint density at radius 1 is 1.16 bits per heavy atom. The topological polar surface area (TPSA) is 91.1 Å². The van der Waals surface area contributed by atoms with Gasteiger partial charge in [0.05, 0.1) is 28.7 Å². The van der Waals surface area contributed by atoms with E-state index >= 15 is 0 Å². The number of alkyl carbamates (subject to hydrolysis) is 1. The van der Waals surface area contributed by atoms with Gasteiger partial charge in [0.15, 0.2) is 5.82 Å². The number of amides is 1. The molecule has 7 heteroatoms. The van der Waals surface area contributed by atoms with Crippen LogP contribution in [0.2, 0.25) is 0 Å². The van der Waals surface area contributed by atoms with Crippen molar-refractivity contribution in [2.24, 2.45) is 0 Å². The van der Waals surface area contributed by atoms with E-state index in [4.69, 9.17) is 14.7 Å². The predicted octanol–water partition coefficient (Wildman–Crippen LogP) is 4.27. The van der Waals surface area contributed by atoms with Crippen molar-refractivity contribution < 1.29 is 9.53 Å². The Balaban J connectivity index is 1.65. The van der Waals surface area contributed by atoms with Gasteiger partial charge in [0, 0.05) is 18.7 Å². The average Bonchev–Trinajstić information content (AvgIpc) is 3.19. The first kappa shape index (κ1) is 20.6. The number of carbonyl (C=O) groups excluding carboxylic acids is 1. The Labute approximate surface area is 181 Å². The SMILES string of the molecule is CC(C)(C)OC(=O)NC1CCN(c2nc3ccccc3nc2-c2cccc(C#N)c2)C1. The van der Waals surface area contributed by atoms with Gasteiger partial charge in [-0.3, -0.25) is 0 Å². The third-order valence-corrected chi connectivity index (χ3v) is 5.03. The summed E-state index contributed by atoms with van der Waals surface area (Å²) in [5.74, 6) is 0.752. The molecule has 1 aliphatic heterocycles. The van der Waals surface area contributed by atoms with Crippen molar-refractivity contribution in [2.45, 2.75) is 38.8 Å². The van der Waals surface area contributed by atoms with Crippen molar-refractivity contribution in [2.75, 3.05) is 18.0 Å². The van der Waals surface area contributed by atoms with Crippen LogP contribution in [0.3, 0.4) is 0 Å². The summed E-state index contributed by atoms with van der Waals surface area (Å²) < 4.78 is 5.39. The Morgan fingerprint density at radius 3 is 2.61 bits per heavy atom. The van der Waals surface area contributed by atoms with Crippen LogP contribution in [0.25, 0.3) is 22.3 Å². The summed E-state index contributed by atoms with van der Waals surface area (Å²) in [5.41, 5.74) is 3.21. The quantitative estimate of drug-likeness (QED) is 0.687. The summed E-state index contributed by atoms with van der Waals surface area (Å²) in [6, 6.07) is 17.3. The van der Waals surface area contributed by atoms with E-state index in [0.717, 1.165) is 41.1 Å². The fourth-order valence-electron chi connectivity index (χ4n) is 3.69. The highest BCUT2D eigenvalue weighted by Crippen LogP contribution is 2.32. The van der Waals surface area contributed by atoms with Crippen molar-refractivity contribution >= 4 is 22.9 Å². The van der Waals surface area contributed by atoms with E-state index in [1.807, 2.05) is 63.2 Å². The van der Waals surface area contributed by atoms with E-state index in [-0.39, 0.29) is 6.04 Å². The van der Waals surface area contributed by atoms with Gasteiger partial charge in [-0.05, 0) is 51.5 Å². The molecule has 1 fully saturated rings. The maximum atomic E-state index is 12.2. The van der Waals surface area contributed by atoms with Gasteiger partial charge in [-0.1, -0.05) is 24.3 Å². The molecule has 1 amide bonds. The van der Waals surface area contributed by atoms with Gasteiger partial charge < -0.3 is 15.0 Å². The van der Waals surface area contributed by atoms with Crippen LogP contribution >= 0.6 is 0 Å². The summed E-state index contributed by atoms with van der Waals surface area (Å²) in [6.45, 7) is 6.88. The third-order valence-electron chi connectivity index (χ3n) is 5.03. The molecule has 0 bridgehead atoms. The van der Waals surface area contributed by atoms with E-state index in [0.29, 0.717) is 12.1 Å². The van der Waals surface area contributed by atoms with Crippen LogP contribution in [0, 0.1) is 11.3 Å². The summed E-state index contributed by atoms with van der Waals surface area (Å²) in [7, 11) is 0. The highest BCUT2D eigenvalue weighted by molar-refractivity contribution is 5.84. The average molecular weight is 415 g/mol. The molecule has 1 saturated heterocycles. The van der Waals surface area contributed by atoms with E-state index in [2.05, 4.69) is 16.3 Å². The van der Waals surface area contributed by atoms with Gasteiger partial charge in [0.1, 0.15) is 11.3 Å². The monoisotopic (exact) mass is 415 g/mol. The number of para-hydroxylation sites is 2. The van der Waals surface area contributed by atoms with E-state index in [9.17, 15) is 10.1 Å². The van der Waals surface area contributed by atoms with Crippen molar-refractivity contribution in [3.63, 3.8) is 0 Å². The van der Waals surface area contributed by atoms with Crippen LogP contribution in [-0.2, 0) is 4.74 Å². The number of fused-ring (bicyclic) bond motifs is 1. The Hall–Kier alpha value is -3.66. The van der Waals surface area contributed by atoms with Gasteiger partial charge in [0.2, 0.25) is 0 Å². The van der Waals surface area contributed by atoms with Gasteiger partial charge >= 0.3 is 6.09 Å². The number of anilines is 1. The molecule has 0 radical (unpaired) electrons. The second-order valence-corrected chi connectivity index (χ2v) is 8.65. The Kier molecular flexibility index (Phi) is 5.47. The fourth-order valence-corrected chi connectivity index (χ4v) is 3.69. The van der Waals surface area contributed by atoms with Crippen molar-refractivity contribution in [1.29, 1.82) is 5.26 Å². The first-order chi connectivity index (χ1) is 14.8. The molecule has 2 heterocycles. The lowest BCUT2D eigenvalue weighted by molar-refractivity contribution is 0.0509. The molecule has 3 aromatic rings. The third kappa shape index (κ3) is 4.75. The van der Waals surface area contributed by atoms with E-state index in [1.165, 1.54) is 0 Å². The molecule has 0 saturated carbocycles. The number of ether oxygens (including phenoxy) is 1. The van der Waals surface area contributed by atoms with Crippen LogP contribution in [0.1, 0.15) is 32.8 Å². The van der Waals surface area contributed by atoms with Crippen LogP contribution in [-0.4, -0.2) is 40.8 Å². The number of nitrogens with one attached hydrogen (secondary N) is 1. The van der Waals surface area contributed by atoms with Gasteiger partial charge in [0.25, 0.3) is 0 Å². The first-order valence-electron chi connectivity index (χ1n) is 10.3. The minimum atomic E-state index is -0.537. The highest BCUT2D eigenvalue weighted by Gasteiger charge is 2.29. The molecule has 1 N–H and O–H groups in total. The number of nitriles is 1. The molecule has 1 aliphatic rings. The number of nitrogens with zero attached hydrogens (tertiary/aromatic N) is 4. The Bertz CT molecular complexity index is 1160. The van der Waals surface area contributed by atoms with Crippen LogP contribution in [0.15, 0.2) is 48.5 Å². The molecule has 1 atom stereocenters. The largest absolute Gasteiger partial charge is 0.444 e. The standard InChI is InChI=1S/C24H25N5O2/c1-24(2,3)31-23(30)26-18-11-12-29(15-18)22-21(17-8-6-7-16(13-17)14-25)27-19-9-4-5-10-20(19)28-22/h4-10,13,18H,11-12,15H2,1-3H3,(H,26,30). The highest BCUT2D eigenvalue weighted by atomic mass is 16.6. The van der Waals surface area contributed by atoms with Crippen LogP contribution < -0.4 is 10.2 Å². The maximum absolute atomic E-state index is 12.2. The molecule has 4 rings (SSSR count).